The van der Waals surface area contributed by atoms with Crippen LogP contribution in [0.1, 0.15) is 37.3 Å². The number of nitrogens with one attached hydrogen (secondary N) is 2. The summed E-state index contributed by atoms with van der Waals surface area (Å²) in [5.74, 6) is 0.670. The van der Waals surface area contributed by atoms with Crippen molar-refractivity contribution in [2.45, 2.75) is 32.6 Å². The fourth-order valence-corrected chi connectivity index (χ4v) is 1.82. The summed E-state index contributed by atoms with van der Waals surface area (Å²) in [7, 11) is 1.77. The Labute approximate surface area is 110 Å². The van der Waals surface area contributed by atoms with Crippen molar-refractivity contribution in [1.29, 1.82) is 0 Å². The van der Waals surface area contributed by atoms with Crippen molar-refractivity contribution in [3.05, 3.63) is 35.4 Å². The molecule has 100 valence electrons. The number of carbonyl (C=O) groups excluding carboxylic acids is 1. The largest absolute Gasteiger partial charge is 0.355 e. The molecule has 0 spiro atoms. The Morgan fingerprint density at radius 1 is 1.28 bits per heavy atom. The Kier molecular flexibility index (Phi) is 6.44. The molecule has 0 bridgehead atoms. The van der Waals surface area contributed by atoms with E-state index >= 15 is 0 Å². The molecule has 0 radical (unpaired) electrons. The summed E-state index contributed by atoms with van der Waals surface area (Å²) in [5, 5.41) is 5.71. The third-order valence-electron chi connectivity index (χ3n) is 3.23. The minimum absolute atomic E-state index is 0.0497. The zero-order valence-corrected chi connectivity index (χ0v) is 11.6. The van der Waals surface area contributed by atoms with Gasteiger partial charge in [0.2, 0.25) is 5.91 Å². The maximum absolute atomic E-state index is 11.2. The van der Waals surface area contributed by atoms with Gasteiger partial charge in [-0.15, -0.1) is 0 Å². The molecular weight excluding hydrogens is 224 g/mol. The normalized spacial score (nSPS) is 12.2. The van der Waals surface area contributed by atoms with Crippen LogP contribution in [0.3, 0.4) is 0 Å². The van der Waals surface area contributed by atoms with Crippen LogP contribution in [0.5, 0.6) is 0 Å². The van der Waals surface area contributed by atoms with Gasteiger partial charge in [0.1, 0.15) is 0 Å². The second-order valence-corrected chi connectivity index (χ2v) is 4.68. The molecule has 0 heterocycles. The number of likely N-dealkylation sites (N-methyl/N-ethyl adjacent to an activating group) is 1. The van der Waals surface area contributed by atoms with Crippen LogP contribution in [-0.4, -0.2) is 26.0 Å². The van der Waals surface area contributed by atoms with Crippen molar-refractivity contribution < 1.29 is 4.79 Å². The molecule has 0 aliphatic heterocycles. The van der Waals surface area contributed by atoms with E-state index in [0.29, 0.717) is 19.0 Å². The van der Waals surface area contributed by atoms with Crippen LogP contribution in [-0.2, 0) is 11.2 Å². The first kappa shape index (κ1) is 14.7. The lowest BCUT2D eigenvalue weighted by molar-refractivity contribution is -0.120. The summed E-state index contributed by atoms with van der Waals surface area (Å²) in [5.41, 5.74) is 2.66. The minimum Gasteiger partial charge on any atom is -0.355 e. The van der Waals surface area contributed by atoms with E-state index in [9.17, 15) is 4.79 Å². The highest BCUT2D eigenvalue weighted by atomic mass is 16.1. The van der Waals surface area contributed by atoms with Crippen LogP contribution < -0.4 is 10.6 Å². The van der Waals surface area contributed by atoms with Crippen molar-refractivity contribution in [2.24, 2.45) is 0 Å². The van der Waals surface area contributed by atoms with E-state index < -0.39 is 0 Å². The summed E-state index contributed by atoms with van der Waals surface area (Å²) in [6, 6.07) is 8.70. The maximum atomic E-state index is 11.2. The van der Waals surface area contributed by atoms with E-state index in [4.69, 9.17) is 0 Å². The summed E-state index contributed by atoms with van der Waals surface area (Å²) >= 11 is 0. The lowest BCUT2D eigenvalue weighted by Gasteiger charge is -2.10. The van der Waals surface area contributed by atoms with Crippen LogP contribution in [0.15, 0.2) is 24.3 Å². The molecular formula is C15H24N2O. The average Bonchev–Trinajstić information content (AvgIpc) is 2.39. The lowest BCUT2D eigenvalue weighted by atomic mass is 9.97. The maximum Gasteiger partial charge on any atom is 0.233 e. The molecule has 18 heavy (non-hydrogen) atoms. The topological polar surface area (TPSA) is 41.1 Å². The molecule has 1 aromatic rings. The Hall–Kier alpha value is -1.35. The molecule has 3 nitrogen and oxygen atoms in total. The molecule has 0 aliphatic rings. The summed E-state index contributed by atoms with van der Waals surface area (Å²) in [6.45, 7) is 5.53. The number of amides is 1. The molecule has 1 aromatic carbocycles. The fraction of sp³-hybridized carbons (Fsp3) is 0.533. The van der Waals surface area contributed by atoms with Gasteiger partial charge in [-0.25, -0.2) is 0 Å². The van der Waals surface area contributed by atoms with E-state index in [1.165, 1.54) is 17.5 Å². The molecule has 0 saturated heterocycles. The van der Waals surface area contributed by atoms with Gasteiger partial charge in [0.15, 0.2) is 0 Å². The third kappa shape index (κ3) is 4.88. The van der Waals surface area contributed by atoms with Gasteiger partial charge in [-0.2, -0.15) is 0 Å². The standard InChI is InChI=1S/C15H24N2O/c1-4-12(2)14-7-5-13(6-8-14)9-10-17-15(18)11-16-3/h5-8,12,16H,4,9-11H2,1-3H3,(H,17,18). The Morgan fingerprint density at radius 2 is 1.94 bits per heavy atom. The van der Waals surface area contributed by atoms with Crippen LogP contribution in [0.25, 0.3) is 0 Å². The monoisotopic (exact) mass is 248 g/mol. The first-order valence-corrected chi connectivity index (χ1v) is 6.67. The SMILES string of the molecule is CCC(C)c1ccc(CCNC(=O)CNC)cc1. The summed E-state index contributed by atoms with van der Waals surface area (Å²) in [4.78, 5) is 11.2. The Morgan fingerprint density at radius 3 is 2.50 bits per heavy atom. The molecule has 2 N–H and O–H groups in total. The average molecular weight is 248 g/mol. The van der Waals surface area contributed by atoms with Gasteiger partial charge in [0.25, 0.3) is 0 Å². The molecule has 3 heteroatoms. The first-order valence-electron chi connectivity index (χ1n) is 6.67. The quantitative estimate of drug-likeness (QED) is 0.775. The summed E-state index contributed by atoms with van der Waals surface area (Å²) in [6.07, 6.45) is 2.05. The van der Waals surface area contributed by atoms with E-state index in [1.54, 1.807) is 7.05 Å². The molecule has 0 aliphatic carbocycles. The van der Waals surface area contributed by atoms with Crippen LogP contribution in [0, 0.1) is 0 Å². The lowest BCUT2D eigenvalue weighted by Crippen LogP contribution is -2.33. The molecule has 1 amide bonds. The zero-order chi connectivity index (χ0) is 13.4. The van der Waals surface area contributed by atoms with E-state index in [1.807, 2.05) is 0 Å². The highest BCUT2D eigenvalue weighted by molar-refractivity contribution is 5.77. The highest BCUT2D eigenvalue weighted by Crippen LogP contribution is 2.18. The van der Waals surface area contributed by atoms with E-state index in [0.717, 1.165) is 6.42 Å². The van der Waals surface area contributed by atoms with Crippen molar-refractivity contribution in [2.75, 3.05) is 20.1 Å². The van der Waals surface area contributed by atoms with Gasteiger partial charge in [0.05, 0.1) is 6.54 Å². The van der Waals surface area contributed by atoms with Crippen LogP contribution in [0.4, 0.5) is 0 Å². The summed E-state index contributed by atoms with van der Waals surface area (Å²) < 4.78 is 0. The van der Waals surface area contributed by atoms with Crippen molar-refractivity contribution in [3.63, 3.8) is 0 Å². The molecule has 1 atom stereocenters. The van der Waals surface area contributed by atoms with E-state index in [-0.39, 0.29) is 5.91 Å². The molecule has 1 rings (SSSR count). The van der Waals surface area contributed by atoms with Gasteiger partial charge in [0, 0.05) is 6.54 Å². The third-order valence-corrected chi connectivity index (χ3v) is 3.23. The minimum atomic E-state index is 0.0497. The Bertz CT molecular complexity index is 359. The molecule has 1 unspecified atom stereocenters. The van der Waals surface area contributed by atoms with Gasteiger partial charge < -0.3 is 10.6 Å². The second-order valence-electron chi connectivity index (χ2n) is 4.68. The molecule has 0 fully saturated rings. The smallest absolute Gasteiger partial charge is 0.233 e. The predicted molar refractivity (Wildman–Crippen MR) is 75.8 cm³/mol. The van der Waals surface area contributed by atoms with Crippen molar-refractivity contribution >= 4 is 5.91 Å². The van der Waals surface area contributed by atoms with Crippen LogP contribution in [0.2, 0.25) is 0 Å². The predicted octanol–water partition coefficient (Wildman–Crippen LogP) is 2.08. The fourth-order valence-electron chi connectivity index (χ4n) is 1.82. The molecule has 0 aromatic heterocycles. The second kappa shape index (κ2) is 7.88. The highest BCUT2D eigenvalue weighted by Gasteiger charge is 2.03. The van der Waals surface area contributed by atoms with Gasteiger partial charge in [-0.3, -0.25) is 4.79 Å². The van der Waals surface area contributed by atoms with Crippen molar-refractivity contribution in [3.8, 4) is 0 Å². The number of carbonyl (C=O) groups is 1. The number of hydrogen-bond donors (Lipinski definition) is 2. The Balaban J connectivity index is 2.37. The van der Waals surface area contributed by atoms with Gasteiger partial charge >= 0.3 is 0 Å². The van der Waals surface area contributed by atoms with E-state index in [2.05, 4.69) is 48.7 Å². The first-order chi connectivity index (χ1) is 8.67. The number of hydrogen-bond acceptors (Lipinski definition) is 2. The molecule has 0 saturated carbocycles. The van der Waals surface area contributed by atoms with Gasteiger partial charge in [-0.05, 0) is 36.9 Å². The van der Waals surface area contributed by atoms with Crippen molar-refractivity contribution in [1.82, 2.24) is 10.6 Å². The van der Waals surface area contributed by atoms with Gasteiger partial charge in [-0.1, -0.05) is 38.1 Å². The number of benzene rings is 1. The zero-order valence-electron chi connectivity index (χ0n) is 11.6. The van der Waals surface area contributed by atoms with Crippen LogP contribution >= 0.6 is 0 Å². The number of rotatable bonds is 7.